The van der Waals surface area contributed by atoms with Gasteiger partial charge < -0.3 is 16.0 Å². The van der Waals surface area contributed by atoms with Gasteiger partial charge in [0.2, 0.25) is 11.8 Å². The van der Waals surface area contributed by atoms with E-state index in [2.05, 4.69) is 16.0 Å². The van der Waals surface area contributed by atoms with Crippen molar-refractivity contribution in [2.75, 3.05) is 23.7 Å². The van der Waals surface area contributed by atoms with Crippen molar-refractivity contribution in [2.24, 2.45) is 5.92 Å². The highest BCUT2D eigenvalue weighted by molar-refractivity contribution is 6.33. The largest absolute Gasteiger partial charge is 0.326 e. The van der Waals surface area contributed by atoms with Crippen molar-refractivity contribution in [1.29, 1.82) is 0 Å². The minimum Gasteiger partial charge on any atom is -0.326 e. The van der Waals surface area contributed by atoms with Crippen molar-refractivity contribution in [3.8, 4) is 0 Å². The molecular formula is C14H18ClN3O2. The van der Waals surface area contributed by atoms with Gasteiger partial charge in [-0.05, 0) is 43.5 Å². The molecule has 0 unspecified atom stereocenters. The van der Waals surface area contributed by atoms with Crippen molar-refractivity contribution in [2.45, 2.75) is 19.8 Å². The monoisotopic (exact) mass is 295 g/mol. The van der Waals surface area contributed by atoms with Crippen LogP contribution in [0.2, 0.25) is 5.02 Å². The quantitative estimate of drug-likeness (QED) is 0.754. The molecule has 0 bridgehead atoms. The summed E-state index contributed by atoms with van der Waals surface area (Å²) in [6.07, 6.45) is 2.50. The van der Waals surface area contributed by atoms with Crippen LogP contribution in [0, 0.1) is 5.92 Å². The van der Waals surface area contributed by atoms with E-state index in [9.17, 15) is 9.59 Å². The Morgan fingerprint density at radius 2 is 2.05 bits per heavy atom. The highest BCUT2D eigenvalue weighted by Gasteiger charge is 2.20. The number of anilines is 2. The van der Waals surface area contributed by atoms with Crippen molar-refractivity contribution < 1.29 is 9.59 Å². The van der Waals surface area contributed by atoms with E-state index < -0.39 is 0 Å². The third-order valence-corrected chi connectivity index (χ3v) is 3.31. The van der Waals surface area contributed by atoms with Crippen LogP contribution in [0.25, 0.3) is 0 Å². The average molecular weight is 296 g/mol. The van der Waals surface area contributed by atoms with E-state index in [4.69, 9.17) is 11.6 Å². The van der Waals surface area contributed by atoms with Gasteiger partial charge in [0, 0.05) is 12.6 Å². The highest BCUT2D eigenvalue weighted by atomic mass is 35.5. The normalized spacial score (nSPS) is 13.9. The van der Waals surface area contributed by atoms with E-state index in [-0.39, 0.29) is 18.4 Å². The number of nitrogens with one attached hydrogen (secondary N) is 3. The molecule has 2 rings (SSSR count). The fourth-order valence-corrected chi connectivity index (χ4v) is 1.97. The van der Waals surface area contributed by atoms with Gasteiger partial charge in [0.1, 0.15) is 0 Å². The van der Waals surface area contributed by atoms with Crippen LogP contribution in [-0.2, 0) is 9.59 Å². The summed E-state index contributed by atoms with van der Waals surface area (Å²) in [6.45, 7) is 2.57. The highest BCUT2D eigenvalue weighted by Crippen LogP contribution is 2.27. The molecule has 0 radical (unpaired) electrons. The van der Waals surface area contributed by atoms with Gasteiger partial charge in [-0.3, -0.25) is 9.59 Å². The molecule has 1 aromatic rings. The Morgan fingerprint density at radius 1 is 1.30 bits per heavy atom. The summed E-state index contributed by atoms with van der Waals surface area (Å²) in [7, 11) is 0. The zero-order valence-electron chi connectivity index (χ0n) is 11.3. The predicted octanol–water partition coefficient (Wildman–Crippen LogP) is 2.24. The summed E-state index contributed by atoms with van der Waals surface area (Å²) in [6, 6.07) is 4.97. The minimum atomic E-state index is -0.171. The van der Waals surface area contributed by atoms with Crippen LogP contribution < -0.4 is 16.0 Å². The lowest BCUT2D eigenvalue weighted by atomic mass is 10.2. The summed E-state index contributed by atoms with van der Waals surface area (Å²) >= 11 is 6.02. The molecular weight excluding hydrogens is 278 g/mol. The summed E-state index contributed by atoms with van der Waals surface area (Å²) < 4.78 is 0. The molecule has 1 fully saturated rings. The fraction of sp³-hybridized carbons (Fsp3) is 0.429. The number of amides is 2. The zero-order valence-corrected chi connectivity index (χ0v) is 12.1. The molecule has 2 amide bonds. The molecule has 3 N–H and O–H groups in total. The minimum absolute atomic E-state index is 0.146. The zero-order chi connectivity index (χ0) is 14.5. The third-order valence-electron chi connectivity index (χ3n) is 2.98. The second-order valence-electron chi connectivity index (χ2n) is 5.00. The first-order chi connectivity index (χ1) is 9.54. The van der Waals surface area contributed by atoms with Crippen LogP contribution in [-0.4, -0.2) is 24.9 Å². The molecule has 5 nitrogen and oxygen atoms in total. The van der Waals surface area contributed by atoms with Gasteiger partial charge in [-0.2, -0.15) is 0 Å². The molecule has 0 spiro atoms. The second-order valence-corrected chi connectivity index (χ2v) is 5.41. The van der Waals surface area contributed by atoms with E-state index in [1.54, 1.807) is 18.2 Å². The molecule has 20 heavy (non-hydrogen) atoms. The maximum absolute atomic E-state index is 11.8. The van der Waals surface area contributed by atoms with Crippen LogP contribution in [0.1, 0.15) is 19.8 Å². The molecule has 6 heteroatoms. The van der Waals surface area contributed by atoms with Gasteiger partial charge in [-0.25, -0.2) is 0 Å². The Labute approximate surface area is 123 Å². The van der Waals surface area contributed by atoms with Gasteiger partial charge in [0.15, 0.2) is 0 Å². The Kier molecular flexibility index (Phi) is 4.98. The SMILES string of the molecule is CC(=O)Nc1ccc(Cl)c(NC(=O)CNCC2CC2)c1. The lowest BCUT2D eigenvalue weighted by molar-refractivity contribution is -0.115. The van der Waals surface area contributed by atoms with Crippen LogP contribution in [0.3, 0.4) is 0 Å². The fourth-order valence-electron chi connectivity index (χ4n) is 1.81. The molecule has 108 valence electrons. The predicted molar refractivity (Wildman–Crippen MR) is 80.0 cm³/mol. The standard InChI is InChI=1S/C14H18ClN3O2/c1-9(19)17-11-4-5-12(15)13(6-11)18-14(20)8-16-7-10-2-3-10/h4-6,10,16H,2-3,7-8H2,1H3,(H,17,19)(H,18,20). The first-order valence-corrected chi connectivity index (χ1v) is 7.00. The first-order valence-electron chi connectivity index (χ1n) is 6.62. The van der Waals surface area contributed by atoms with Crippen LogP contribution in [0.15, 0.2) is 18.2 Å². The van der Waals surface area contributed by atoms with Crippen LogP contribution >= 0.6 is 11.6 Å². The van der Waals surface area contributed by atoms with E-state index in [1.807, 2.05) is 0 Å². The molecule has 0 atom stereocenters. The van der Waals surface area contributed by atoms with E-state index in [0.29, 0.717) is 16.4 Å². The molecule has 1 aliphatic carbocycles. The number of hydrogen-bond donors (Lipinski definition) is 3. The van der Waals surface area contributed by atoms with Gasteiger partial charge in [0.05, 0.1) is 17.3 Å². The number of hydrogen-bond acceptors (Lipinski definition) is 3. The van der Waals surface area contributed by atoms with Crippen molar-refractivity contribution in [1.82, 2.24) is 5.32 Å². The number of carbonyl (C=O) groups excluding carboxylic acids is 2. The number of halogens is 1. The molecule has 0 aromatic heterocycles. The van der Waals surface area contributed by atoms with Crippen molar-refractivity contribution >= 4 is 34.8 Å². The number of benzene rings is 1. The maximum Gasteiger partial charge on any atom is 0.238 e. The van der Waals surface area contributed by atoms with E-state index >= 15 is 0 Å². The Morgan fingerprint density at radius 3 is 2.70 bits per heavy atom. The van der Waals surface area contributed by atoms with Gasteiger partial charge in [0.25, 0.3) is 0 Å². The summed E-state index contributed by atoms with van der Waals surface area (Å²) in [4.78, 5) is 22.8. The Balaban J connectivity index is 1.88. The summed E-state index contributed by atoms with van der Waals surface area (Å²) in [5.74, 6) is 0.415. The van der Waals surface area contributed by atoms with Crippen LogP contribution in [0.5, 0.6) is 0 Å². The molecule has 0 heterocycles. The van der Waals surface area contributed by atoms with Crippen molar-refractivity contribution in [3.05, 3.63) is 23.2 Å². The summed E-state index contributed by atoms with van der Waals surface area (Å²) in [5.41, 5.74) is 1.10. The molecule has 0 saturated heterocycles. The average Bonchev–Trinajstić information content (AvgIpc) is 3.17. The van der Waals surface area contributed by atoms with Gasteiger partial charge >= 0.3 is 0 Å². The number of carbonyl (C=O) groups is 2. The number of rotatable bonds is 6. The van der Waals surface area contributed by atoms with E-state index in [1.165, 1.54) is 19.8 Å². The first kappa shape index (κ1) is 14.8. The molecule has 1 saturated carbocycles. The Bertz CT molecular complexity index is 515. The second kappa shape index (κ2) is 6.72. The molecule has 1 aliphatic rings. The third kappa shape index (κ3) is 4.83. The lowest BCUT2D eigenvalue weighted by Gasteiger charge is -2.10. The van der Waals surface area contributed by atoms with Crippen molar-refractivity contribution in [3.63, 3.8) is 0 Å². The Hall–Kier alpha value is -1.59. The topological polar surface area (TPSA) is 70.2 Å². The molecule has 1 aromatic carbocycles. The van der Waals surface area contributed by atoms with Gasteiger partial charge in [-0.15, -0.1) is 0 Å². The lowest BCUT2D eigenvalue weighted by Crippen LogP contribution is -2.29. The van der Waals surface area contributed by atoms with Crippen LogP contribution in [0.4, 0.5) is 11.4 Å². The molecule has 0 aliphatic heterocycles. The smallest absolute Gasteiger partial charge is 0.238 e. The van der Waals surface area contributed by atoms with Gasteiger partial charge in [-0.1, -0.05) is 11.6 Å². The maximum atomic E-state index is 11.8. The summed E-state index contributed by atoms with van der Waals surface area (Å²) in [5, 5.41) is 8.93. The van der Waals surface area contributed by atoms with E-state index in [0.717, 1.165) is 12.5 Å².